The Morgan fingerprint density at radius 3 is 2.93 bits per heavy atom. The van der Waals surface area contributed by atoms with Crippen molar-refractivity contribution in [2.75, 3.05) is 0 Å². The summed E-state index contributed by atoms with van der Waals surface area (Å²) in [6.45, 7) is 2.24. The van der Waals surface area contributed by atoms with Crippen molar-refractivity contribution in [1.29, 1.82) is 0 Å². The summed E-state index contributed by atoms with van der Waals surface area (Å²) in [5, 5.41) is 9.77. The molecular formula is C10H13NO2S. The molecule has 1 heterocycles. The lowest BCUT2D eigenvalue weighted by atomic mass is 10.1. The Morgan fingerprint density at radius 1 is 1.64 bits per heavy atom. The number of nitrogens with zero attached hydrogens (tertiary/aromatic N) is 1. The normalized spacial score (nSPS) is 26.6. The maximum absolute atomic E-state index is 10.7. The van der Waals surface area contributed by atoms with E-state index in [0.717, 1.165) is 23.8 Å². The second-order valence-corrected chi connectivity index (χ2v) is 5.05. The molecule has 1 saturated carbocycles. The molecule has 76 valence electrons. The molecule has 2 rings (SSSR count). The van der Waals surface area contributed by atoms with Crippen LogP contribution < -0.4 is 0 Å². The number of carbonyl (C=O) groups is 1. The molecule has 14 heavy (non-hydrogen) atoms. The first-order valence-electron chi connectivity index (χ1n) is 4.86. The van der Waals surface area contributed by atoms with Crippen LogP contribution in [0.5, 0.6) is 0 Å². The Balaban J connectivity index is 2.13. The Labute approximate surface area is 86.8 Å². The van der Waals surface area contributed by atoms with Crippen molar-refractivity contribution in [2.45, 2.75) is 32.1 Å². The van der Waals surface area contributed by atoms with Crippen LogP contribution in [0, 0.1) is 5.92 Å². The van der Waals surface area contributed by atoms with Gasteiger partial charge in [-0.1, -0.05) is 13.3 Å². The summed E-state index contributed by atoms with van der Waals surface area (Å²) >= 11 is 1.33. The smallest absolute Gasteiger partial charge is 0.347 e. The van der Waals surface area contributed by atoms with Gasteiger partial charge in [0.05, 0.1) is 11.2 Å². The van der Waals surface area contributed by atoms with Crippen molar-refractivity contribution in [2.24, 2.45) is 5.92 Å². The highest BCUT2D eigenvalue weighted by Gasteiger charge is 2.25. The van der Waals surface area contributed by atoms with Crippen LogP contribution in [-0.2, 0) is 0 Å². The summed E-state index contributed by atoms with van der Waals surface area (Å²) in [6, 6.07) is 0. The zero-order chi connectivity index (χ0) is 10.1. The topological polar surface area (TPSA) is 50.2 Å². The molecule has 3 nitrogen and oxygen atoms in total. The van der Waals surface area contributed by atoms with Crippen molar-refractivity contribution in [3.8, 4) is 0 Å². The molecule has 4 heteroatoms. The zero-order valence-corrected chi connectivity index (χ0v) is 8.88. The highest BCUT2D eigenvalue weighted by molar-refractivity contribution is 7.13. The predicted molar refractivity (Wildman–Crippen MR) is 54.8 cm³/mol. The molecule has 0 spiro atoms. The van der Waals surface area contributed by atoms with Crippen molar-refractivity contribution in [1.82, 2.24) is 4.98 Å². The van der Waals surface area contributed by atoms with Gasteiger partial charge in [0, 0.05) is 5.92 Å². The predicted octanol–water partition coefficient (Wildman–Crippen LogP) is 2.74. The average Bonchev–Trinajstić information content (AvgIpc) is 2.70. The molecular weight excluding hydrogens is 198 g/mol. The van der Waals surface area contributed by atoms with Gasteiger partial charge in [-0.25, -0.2) is 9.78 Å². The lowest BCUT2D eigenvalue weighted by Gasteiger charge is -2.03. The minimum atomic E-state index is -0.861. The number of carboxylic acids is 1. The monoisotopic (exact) mass is 211 g/mol. The summed E-state index contributed by atoms with van der Waals surface area (Å²) in [5.74, 6) is 0.403. The summed E-state index contributed by atoms with van der Waals surface area (Å²) in [4.78, 5) is 15.2. The fourth-order valence-electron chi connectivity index (χ4n) is 2.01. The van der Waals surface area contributed by atoms with Crippen molar-refractivity contribution < 1.29 is 9.90 Å². The number of thiazole rings is 1. The number of aromatic nitrogens is 1. The van der Waals surface area contributed by atoms with Gasteiger partial charge in [0.1, 0.15) is 4.88 Å². The molecule has 0 amide bonds. The molecule has 2 unspecified atom stereocenters. The van der Waals surface area contributed by atoms with Gasteiger partial charge in [0.2, 0.25) is 0 Å². The third kappa shape index (κ3) is 1.80. The SMILES string of the molecule is CC1CCC(c2ncc(C(=O)O)s2)C1. The van der Waals surface area contributed by atoms with E-state index in [0.29, 0.717) is 10.8 Å². The number of carboxylic acid groups (broad SMARTS) is 1. The first kappa shape index (κ1) is 9.65. The Hall–Kier alpha value is -0.900. The van der Waals surface area contributed by atoms with E-state index >= 15 is 0 Å². The van der Waals surface area contributed by atoms with Crippen LogP contribution >= 0.6 is 11.3 Å². The molecule has 0 aliphatic heterocycles. The maximum atomic E-state index is 10.7. The second kappa shape index (κ2) is 3.69. The number of aromatic carboxylic acids is 1. The van der Waals surface area contributed by atoms with Gasteiger partial charge in [-0.2, -0.15) is 0 Å². The Kier molecular flexibility index (Phi) is 2.54. The summed E-state index contributed by atoms with van der Waals surface area (Å²) < 4.78 is 0. The van der Waals surface area contributed by atoms with Crippen LogP contribution in [-0.4, -0.2) is 16.1 Å². The Morgan fingerprint density at radius 2 is 2.43 bits per heavy atom. The van der Waals surface area contributed by atoms with Gasteiger partial charge in [-0.05, 0) is 18.8 Å². The highest BCUT2D eigenvalue weighted by atomic mass is 32.1. The van der Waals surface area contributed by atoms with Crippen LogP contribution in [0.1, 0.15) is 46.8 Å². The van der Waals surface area contributed by atoms with E-state index in [1.807, 2.05) is 0 Å². The van der Waals surface area contributed by atoms with E-state index in [1.54, 1.807) is 0 Å². The lowest BCUT2D eigenvalue weighted by Crippen LogP contribution is -1.91. The summed E-state index contributed by atoms with van der Waals surface area (Å²) in [7, 11) is 0. The van der Waals surface area contributed by atoms with Crippen molar-refractivity contribution in [3.63, 3.8) is 0 Å². The second-order valence-electron chi connectivity index (χ2n) is 3.98. The fourth-order valence-corrected chi connectivity index (χ4v) is 2.91. The van der Waals surface area contributed by atoms with E-state index in [1.165, 1.54) is 24.0 Å². The van der Waals surface area contributed by atoms with E-state index in [-0.39, 0.29) is 0 Å². The third-order valence-electron chi connectivity index (χ3n) is 2.78. The van der Waals surface area contributed by atoms with Crippen LogP contribution in [0.4, 0.5) is 0 Å². The zero-order valence-electron chi connectivity index (χ0n) is 8.06. The molecule has 1 aromatic rings. The largest absolute Gasteiger partial charge is 0.477 e. The lowest BCUT2D eigenvalue weighted by molar-refractivity contribution is 0.0702. The van der Waals surface area contributed by atoms with Crippen molar-refractivity contribution >= 4 is 17.3 Å². The molecule has 1 N–H and O–H groups in total. The van der Waals surface area contributed by atoms with Crippen LogP contribution in [0.2, 0.25) is 0 Å². The molecule has 1 fully saturated rings. The minimum Gasteiger partial charge on any atom is -0.477 e. The van der Waals surface area contributed by atoms with Gasteiger partial charge in [-0.15, -0.1) is 11.3 Å². The van der Waals surface area contributed by atoms with Gasteiger partial charge in [0.25, 0.3) is 0 Å². The summed E-state index contributed by atoms with van der Waals surface area (Å²) in [5.41, 5.74) is 0. The molecule has 0 aromatic carbocycles. The van der Waals surface area contributed by atoms with Crippen LogP contribution in [0.25, 0.3) is 0 Å². The number of hydrogen-bond acceptors (Lipinski definition) is 3. The molecule has 1 aromatic heterocycles. The maximum Gasteiger partial charge on any atom is 0.347 e. The minimum absolute atomic E-state index is 0.361. The van der Waals surface area contributed by atoms with Gasteiger partial charge in [-0.3, -0.25) is 0 Å². The Bertz CT molecular complexity index is 348. The molecule has 0 saturated heterocycles. The van der Waals surface area contributed by atoms with Crippen LogP contribution in [0.15, 0.2) is 6.20 Å². The first-order chi connectivity index (χ1) is 6.66. The van der Waals surface area contributed by atoms with Crippen LogP contribution in [0.3, 0.4) is 0 Å². The fraction of sp³-hybridized carbons (Fsp3) is 0.600. The van der Waals surface area contributed by atoms with Gasteiger partial charge < -0.3 is 5.11 Å². The molecule has 0 radical (unpaired) electrons. The first-order valence-corrected chi connectivity index (χ1v) is 5.67. The van der Waals surface area contributed by atoms with E-state index in [9.17, 15) is 4.79 Å². The van der Waals surface area contributed by atoms with Gasteiger partial charge in [0.15, 0.2) is 0 Å². The standard InChI is InChI=1S/C10H13NO2S/c1-6-2-3-7(4-6)9-11-5-8(14-9)10(12)13/h5-7H,2-4H2,1H3,(H,12,13). The molecule has 2 atom stereocenters. The third-order valence-corrected chi connectivity index (χ3v) is 3.93. The van der Waals surface area contributed by atoms with E-state index < -0.39 is 5.97 Å². The average molecular weight is 211 g/mol. The summed E-state index contributed by atoms with van der Waals surface area (Å²) in [6.07, 6.45) is 5.04. The quantitative estimate of drug-likeness (QED) is 0.818. The number of rotatable bonds is 2. The van der Waals surface area contributed by atoms with Gasteiger partial charge >= 0.3 is 5.97 Å². The molecule has 1 aliphatic rings. The van der Waals surface area contributed by atoms with Crippen molar-refractivity contribution in [3.05, 3.63) is 16.1 Å². The van der Waals surface area contributed by atoms with E-state index in [4.69, 9.17) is 5.11 Å². The van der Waals surface area contributed by atoms with E-state index in [2.05, 4.69) is 11.9 Å². The highest BCUT2D eigenvalue weighted by Crippen LogP contribution is 2.39. The number of hydrogen-bond donors (Lipinski definition) is 1. The molecule has 1 aliphatic carbocycles. The molecule has 0 bridgehead atoms.